The van der Waals surface area contributed by atoms with Crippen LogP contribution in [0, 0.1) is 22.7 Å². The fraction of sp³-hybridized carbons (Fsp3) is 0.125. The molecule has 8 nitrogen and oxygen atoms in total. The van der Waals surface area contributed by atoms with Crippen LogP contribution in [0.25, 0.3) is 10.9 Å². The molecule has 0 aliphatic rings. The third-order valence-corrected chi connectivity index (χ3v) is 4.27. The van der Waals surface area contributed by atoms with Crippen molar-refractivity contribution >= 4 is 28.5 Å². The van der Waals surface area contributed by atoms with Crippen molar-refractivity contribution in [3.05, 3.63) is 52.2 Å². The second-order valence-corrected chi connectivity index (χ2v) is 5.89. The molecular formula is C16H11N7OS. The second-order valence-electron chi connectivity index (χ2n) is 4.95. The molecule has 0 radical (unpaired) electrons. The van der Waals surface area contributed by atoms with E-state index in [1.54, 1.807) is 24.3 Å². The number of anilines is 1. The molecule has 2 N–H and O–H groups in total. The lowest BCUT2D eigenvalue weighted by molar-refractivity contribution is 0.729. The lowest BCUT2D eigenvalue weighted by Crippen LogP contribution is -2.24. The smallest absolute Gasteiger partial charge is 0.262 e. The van der Waals surface area contributed by atoms with Gasteiger partial charge in [0.15, 0.2) is 5.16 Å². The van der Waals surface area contributed by atoms with Gasteiger partial charge in [-0.15, -0.1) is 0 Å². The summed E-state index contributed by atoms with van der Waals surface area (Å²) in [6.07, 6.45) is 1.35. The number of nitrogen functional groups attached to an aromatic ring is 1. The number of para-hydroxylation sites is 1. The number of thioether (sulfide) groups is 1. The fourth-order valence-electron chi connectivity index (χ4n) is 2.22. The average molecular weight is 349 g/mol. The zero-order valence-electron chi connectivity index (χ0n) is 12.9. The molecule has 0 fully saturated rings. The Balaban J connectivity index is 1.97. The first kappa shape index (κ1) is 16.4. The number of nitrogens with zero attached hydrogens (tertiary/aromatic N) is 6. The maximum absolute atomic E-state index is 12.6. The minimum Gasteiger partial charge on any atom is -0.382 e. The first-order valence-electron chi connectivity index (χ1n) is 7.15. The number of hydrogen-bond acceptors (Lipinski definition) is 8. The average Bonchev–Trinajstić information content (AvgIpc) is 2.63. The summed E-state index contributed by atoms with van der Waals surface area (Å²) in [7, 11) is 0. The highest BCUT2D eigenvalue weighted by Gasteiger charge is 2.12. The van der Waals surface area contributed by atoms with Crippen molar-refractivity contribution in [2.24, 2.45) is 0 Å². The molecular weight excluding hydrogens is 338 g/mol. The molecule has 2 aromatic heterocycles. The fourth-order valence-corrected chi connectivity index (χ4v) is 2.99. The Hall–Kier alpha value is -3.43. The van der Waals surface area contributed by atoms with E-state index in [0.717, 1.165) is 0 Å². The van der Waals surface area contributed by atoms with Gasteiger partial charge in [0.2, 0.25) is 0 Å². The zero-order chi connectivity index (χ0) is 17.8. The number of fused-ring (bicyclic) bond motifs is 1. The lowest BCUT2D eigenvalue weighted by Gasteiger charge is -2.10. The monoisotopic (exact) mass is 349 g/mol. The van der Waals surface area contributed by atoms with Crippen molar-refractivity contribution in [3.8, 4) is 12.1 Å². The van der Waals surface area contributed by atoms with Gasteiger partial charge in [0, 0.05) is 0 Å². The summed E-state index contributed by atoms with van der Waals surface area (Å²) in [4.78, 5) is 25.1. The third-order valence-electron chi connectivity index (χ3n) is 3.42. The summed E-state index contributed by atoms with van der Waals surface area (Å²) in [5.74, 6) is 0.829. The number of benzene rings is 1. The minimum atomic E-state index is -0.261. The van der Waals surface area contributed by atoms with Crippen LogP contribution in [0.3, 0.4) is 0 Å². The van der Waals surface area contributed by atoms with E-state index in [9.17, 15) is 4.79 Å². The standard InChI is InChI=1S/C16H11N7OS/c17-5-6-23-13(21-12-4-2-1-3-11(12)15(23)24)9-25-16-20-8-10(7-18)14(19)22-16/h1-4,8H,6,9H2,(H2,19,20,22). The molecule has 0 unspecified atom stereocenters. The summed E-state index contributed by atoms with van der Waals surface area (Å²) in [6, 6.07) is 10.9. The second kappa shape index (κ2) is 6.99. The van der Waals surface area contributed by atoms with Crippen molar-refractivity contribution in [3.63, 3.8) is 0 Å². The summed E-state index contributed by atoms with van der Waals surface area (Å²) in [6.45, 7) is -0.0943. The van der Waals surface area contributed by atoms with Gasteiger partial charge in [0.1, 0.15) is 29.8 Å². The molecule has 0 saturated heterocycles. The summed E-state index contributed by atoms with van der Waals surface area (Å²) < 4.78 is 1.34. The number of hydrogen-bond donors (Lipinski definition) is 1. The predicted octanol–water partition coefficient (Wildman–Crippen LogP) is 1.46. The van der Waals surface area contributed by atoms with Gasteiger partial charge >= 0.3 is 0 Å². The van der Waals surface area contributed by atoms with Crippen LogP contribution < -0.4 is 11.3 Å². The highest BCUT2D eigenvalue weighted by Crippen LogP contribution is 2.20. The molecule has 0 spiro atoms. The molecule has 1 aromatic carbocycles. The maximum atomic E-state index is 12.6. The molecule has 0 amide bonds. The number of aromatic nitrogens is 4. The molecule has 0 bridgehead atoms. The highest BCUT2D eigenvalue weighted by molar-refractivity contribution is 7.98. The molecule has 3 rings (SSSR count). The molecule has 0 saturated carbocycles. The molecule has 25 heavy (non-hydrogen) atoms. The van der Waals surface area contributed by atoms with Crippen LogP contribution in [0.2, 0.25) is 0 Å². The van der Waals surface area contributed by atoms with E-state index in [-0.39, 0.29) is 29.2 Å². The topological polar surface area (TPSA) is 134 Å². The molecule has 0 aliphatic carbocycles. The van der Waals surface area contributed by atoms with Gasteiger partial charge in [0.25, 0.3) is 5.56 Å². The Kier molecular flexibility index (Phi) is 4.59. The Labute approximate surface area is 146 Å². The van der Waals surface area contributed by atoms with Crippen LogP contribution in [0.1, 0.15) is 11.4 Å². The van der Waals surface area contributed by atoms with Gasteiger partial charge in [-0.3, -0.25) is 9.36 Å². The molecule has 2 heterocycles. The Bertz CT molecular complexity index is 1090. The van der Waals surface area contributed by atoms with Gasteiger partial charge in [-0.2, -0.15) is 10.5 Å². The quantitative estimate of drug-likeness (QED) is 0.552. The molecule has 3 aromatic rings. The van der Waals surface area contributed by atoms with Gasteiger partial charge < -0.3 is 5.73 Å². The van der Waals surface area contributed by atoms with Gasteiger partial charge in [0.05, 0.1) is 28.9 Å². The number of rotatable bonds is 4. The first-order valence-corrected chi connectivity index (χ1v) is 8.13. The maximum Gasteiger partial charge on any atom is 0.262 e. The van der Waals surface area contributed by atoms with Crippen LogP contribution in [0.15, 0.2) is 40.4 Å². The summed E-state index contributed by atoms with van der Waals surface area (Å²) in [5.41, 5.74) is 6.19. The van der Waals surface area contributed by atoms with E-state index in [4.69, 9.17) is 16.3 Å². The third kappa shape index (κ3) is 3.27. The van der Waals surface area contributed by atoms with Gasteiger partial charge in [-0.25, -0.2) is 15.0 Å². The Morgan fingerprint density at radius 2 is 2.04 bits per heavy atom. The number of nitrogens with two attached hydrogens (primary N) is 1. The van der Waals surface area contributed by atoms with Gasteiger partial charge in [-0.05, 0) is 12.1 Å². The Morgan fingerprint density at radius 1 is 1.24 bits per heavy atom. The Morgan fingerprint density at radius 3 is 2.76 bits per heavy atom. The van der Waals surface area contributed by atoms with E-state index in [2.05, 4.69) is 15.0 Å². The summed E-state index contributed by atoms with van der Waals surface area (Å²) >= 11 is 1.22. The van der Waals surface area contributed by atoms with Crippen molar-refractivity contribution in [1.82, 2.24) is 19.5 Å². The van der Waals surface area contributed by atoms with Crippen molar-refractivity contribution in [2.75, 3.05) is 5.73 Å². The number of nitriles is 2. The summed E-state index contributed by atoms with van der Waals surface area (Å²) in [5, 5.41) is 18.7. The highest BCUT2D eigenvalue weighted by atomic mass is 32.2. The van der Waals surface area contributed by atoms with Crippen LogP contribution >= 0.6 is 11.8 Å². The predicted molar refractivity (Wildman–Crippen MR) is 92.3 cm³/mol. The van der Waals surface area contributed by atoms with Crippen molar-refractivity contribution in [1.29, 1.82) is 10.5 Å². The van der Waals surface area contributed by atoms with Crippen LogP contribution in [0.4, 0.5) is 5.82 Å². The van der Waals surface area contributed by atoms with Gasteiger partial charge in [-0.1, -0.05) is 23.9 Å². The molecule has 9 heteroatoms. The van der Waals surface area contributed by atoms with Crippen LogP contribution in [-0.2, 0) is 12.3 Å². The van der Waals surface area contributed by atoms with E-state index < -0.39 is 0 Å². The molecule has 0 aliphatic heterocycles. The van der Waals surface area contributed by atoms with E-state index in [0.29, 0.717) is 21.9 Å². The SMILES string of the molecule is N#CCn1c(CSc2ncc(C#N)c(N)n2)nc2ccccc2c1=O. The molecule has 0 atom stereocenters. The van der Waals surface area contributed by atoms with E-state index in [1.165, 1.54) is 22.5 Å². The van der Waals surface area contributed by atoms with E-state index >= 15 is 0 Å². The van der Waals surface area contributed by atoms with E-state index in [1.807, 2.05) is 12.1 Å². The van der Waals surface area contributed by atoms with Crippen molar-refractivity contribution in [2.45, 2.75) is 17.5 Å². The zero-order valence-corrected chi connectivity index (χ0v) is 13.7. The van der Waals surface area contributed by atoms with Crippen molar-refractivity contribution < 1.29 is 0 Å². The first-order chi connectivity index (χ1) is 12.1. The normalized spacial score (nSPS) is 10.3. The molecule has 122 valence electrons. The largest absolute Gasteiger partial charge is 0.382 e. The minimum absolute atomic E-state index is 0.0943. The lowest BCUT2D eigenvalue weighted by atomic mass is 10.2. The van der Waals surface area contributed by atoms with Crippen LogP contribution in [-0.4, -0.2) is 19.5 Å². The van der Waals surface area contributed by atoms with Crippen LogP contribution in [0.5, 0.6) is 0 Å².